The first-order valence-corrected chi connectivity index (χ1v) is 9.65. The van der Waals surface area contributed by atoms with Gasteiger partial charge in [0, 0.05) is 23.7 Å². The number of amides is 1. The highest BCUT2D eigenvalue weighted by Crippen LogP contribution is 2.24. The molecule has 8 heteroatoms. The first-order chi connectivity index (χ1) is 13.6. The van der Waals surface area contributed by atoms with E-state index >= 15 is 0 Å². The molecule has 0 fully saturated rings. The van der Waals surface area contributed by atoms with Gasteiger partial charge >= 0.3 is 0 Å². The highest BCUT2D eigenvalue weighted by Gasteiger charge is 2.18. The molecule has 0 aliphatic heterocycles. The van der Waals surface area contributed by atoms with Crippen LogP contribution in [0.15, 0.2) is 53.0 Å². The largest absolute Gasteiger partial charge is 0.494 e. The third kappa shape index (κ3) is 4.76. The Labute approximate surface area is 171 Å². The highest BCUT2D eigenvalue weighted by atomic mass is 79.9. The Morgan fingerprint density at radius 2 is 1.86 bits per heavy atom. The summed E-state index contributed by atoms with van der Waals surface area (Å²) in [5.74, 6) is 1.10. The van der Waals surface area contributed by atoms with Gasteiger partial charge < -0.3 is 14.8 Å². The Bertz CT molecular complexity index is 924. The fraction of sp³-hybridized carbons (Fsp3) is 0.250. The molecule has 0 aliphatic carbocycles. The SMILES string of the molecule is CCOc1ccc(-n2nc(C(=O)NCCOC)nc2-c2ccc(Br)cc2)cc1. The van der Waals surface area contributed by atoms with Crippen LogP contribution in [-0.4, -0.2) is 47.5 Å². The van der Waals surface area contributed by atoms with Crippen molar-refractivity contribution in [3.63, 3.8) is 0 Å². The average molecular weight is 445 g/mol. The quantitative estimate of drug-likeness (QED) is 0.538. The van der Waals surface area contributed by atoms with Crippen LogP contribution in [0.1, 0.15) is 17.5 Å². The lowest BCUT2D eigenvalue weighted by Gasteiger charge is -2.08. The standard InChI is InChI=1S/C20H21BrN4O3/c1-3-28-17-10-8-16(9-11-17)25-19(14-4-6-15(21)7-5-14)23-18(24-25)20(26)22-12-13-27-2/h4-11H,3,12-13H2,1-2H3,(H,22,26). The van der Waals surface area contributed by atoms with E-state index in [1.807, 2.05) is 55.5 Å². The van der Waals surface area contributed by atoms with E-state index in [1.54, 1.807) is 11.8 Å². The van der Waals surface area contributed by atoms with E-state index in [0.29, 0.717) is 25.6 Å². The first kappa shape index (κ1) is 20.0. The molecule has 0 radical (unpaired) electrons. The Kier molecular flexibility index (Phi) is 6.78. The highest BCUT2D eigenvalue weighted by molar-refractivity contribution is 9.10. The predicted molar refractivity (Wildman–Crippen MR) is 110 cm³/mol. The van der Waals surface area contributed by atoms with E-state index in [2.05, 4.69) is 31.3 Å². The van der Waals surface area contributed by atoms with Gasteiger partial charge in [0.15, 0.2) is 5.82 Å². The lowest BCUT2D eigenvalue weighted by Crippen LogP contribution is -2.28. The van der Waals surface area contributed by atoms with Gasteiger partial charge in [0.05, 0.1) is 18.9 Å². The lowest BCUT2D eigenvalue weighted by molar-refractivity contribution is 0.0927. The molecule has 0 saturated heterocycles. The number of methoxy groups -OCH3 is 1. The molecule has 1 aromatic heterocycles. The fourth-order valence-electron chi connectivity index (χ4n) is 2.57. The van der Waals surface area contributed by atoms with Crippen LogP contribution in [0, 0.1) is 0 Å². The zero-order valence-electron chi connectivity index (χ0n) is 15.7. The number of carbonyl (C=O) groups is 1. The number of rotatable bonds is 8. The molecule has 28 heavy (non-hydrogen) atoms. The molecule has 7 nitrogen and oxygen atoms in total. The van der Waals surface area contributed by atoms with E-state index in [9.17, 15) is 4.79 Å². The van der Waals surface area contributed by atoms with E-state index in [0.717, 1.165) is 21.5 Å². The zero-order chi connectivity index (χ0) is 19.9. The molecule has 0 atom stereocenters. The Morgan fingerprint density at radius 3 is 2.50 bits per heavy atom. The molecular weight excluding hydrogens is 424 g/mol. The average Bonchev–Trinajstić information content (AvgIpc) is 3.15. The Hall–Kier alpha value is -2.71. The van der Waals surface area contributed by atoms with Gasteiger partial charge in [-0.1, -0.05) is 28.1 Å². The maximum absolute atomic E-state index is 12.4. The second kappa shape index (κ2) is 9.48. The summed E-state index contributed by atoms with van der Waals surface area (Å²) < 4.78 is 13.1. The minimum absolute atomic E-state index is 0.0999. The molecule has 0 aliphatic rings. The summed E-state index contributed by atoms with van der Waals surface area (Å²) >= 11 is 3.44. The Morgan fingerprint density at radius 1 is 1.14 bits per heavy atom. The van der Waals surface area contributed by atoms with E-state index in [-0.39, 0.29) is 11.7 Å². The van der Waals surface area contributed by atoms with Crippen molar-refractivity contribution in [3.05, 3.63) is 58.8 Å². The summed E-state index contributed by atoms with van der Waals surface area (Å²) in [6, 6.07) is 15.2. The van der Waals surface area contributed by atoms with Crippen molar-refractivity contribution in [2.24, 2.45) is 0 Å². The molecule has 0 unspecified atom stereocenters. The summed E-state index contributed by atoms with van der Waals surface area (Å²) in [6.07, 6.45) is 0. The third-order valence-electron chi connectivity index (χ3n) is 3.90. The maximum atomic E-state index is 12.4. The second-order valence-corrected chi connectivity index (χ2v) is 6.77. The van der Waals surface area contributed by atoms with Crippen LogP contribution in [0.2, 0.25) is 0 Å². The zero-order valence-corrected chi connectivity index (χ0v) is 17.3. The van der Waals surface area contributed by atoms with Gasteiger partial charge in [0.1, 0.15) is 5.75 Å². The number of aromatic nitrogens is 3. The van der Waals surface area contributed by atoms with Crippen LogP contribution in [-0.2, 0) is 4.74 Å². The number of hydrogen-bond acceptors (Lipinski definition) is 5. The Balaban J connectivity index is 1.98. The van der Waals surface area contributed by atoms with Crippen LogP contribution >= 0.6 is 15.9 Å². The molecule has 0 spiro atoms. The van der Waals surface area contributed by atoms with Crippen molar-refractivity contribution in [2.75, 3.05) is 26.9 Å². The van der Waals surface area contributed by atoms with Crippen molar-refractivity contribution >= 4 is 21.8 Å². The summed E-state index contributed by atoms with van der Waals surface area (Å²) in [6.45, 7) is 3.34. The molecule has 3 rings (SSSR count). The van der Waals surface area contributed by atoms with Gasteiger partial charge in [-0.2, -0.15) is 0 Å². The molecule has 0 bridgehead atoms. The van der Waals surface area contributed by atoms with Crippen LogP contribution in [0.3, 0.4) is 0 Å². The van der Waals surface area contributed by atoms with Gasteiger partial charge in [0.2, 0.25) is 5.82 Å². The third-order valence-corrected chi connectivity index (χ3v) is 4.43. The second-order valence-electron chi connectivity index (χ2n) is 5.85. The van der Waals surface area contributed by atoms with E-state index in [4.69, 9.17) is 9.47 Å². The van der Waals surface area contributed by atoms with Gasteiger partial charge in [-0.05, 0) is 43.3 Å². The van der Waals surface area contributed by atoms with E-state index in [1.165, 1.54) is 0 Å². The van der Waals surface area contributed by atoms with Crippen LogP contribution < -0.4 is 10.1 Å². The van der Waals surface area contributed by atoms with Crippen molar-refractivity contribution in [1.29, 1.82) is 0 Å². The maximum Gasteiger partial charge on any atom is 0.291 e. The number of nitrogens with one attached hydrogen (secondary N) is 1. The fourth-order valence-corrected chi connectivity index (χ4v) is 2.83. The number of nitrogens with zero attached hydrogens (tertiary/aromatic N) is 3. The van der Waals surface area contributed by atoms with Crippen LogP contribution in [0.25, 0.3) is 17.1 Å². The van der Waals surface area contributed by atoms with Gasteiger partial charge in [-0.3, -0.25) is 4.79 Å². The minimum Gasteiger partial charge on any atom is -0.494 e. The smallest absolute Gasteiger partial charge is 0.291 e. The molecule has 3 aromatic rings. The monoisotopic (exact) mass is 444 g/mol. The van der Waals surface area contributed by atoms with Crippen LogP contribution in [0.4, 0.5) is 0 Å². The van der Waals surface area contributed by atoms with Gasteiger partial charge in [-0.15, -0.1) is 5.10 Å². The molecule has 1 amide bonds. The summed E-state index contributed by atoms with van der Waals surface area (Å²) in [5, 5.41) is 7.18. The molecule has 1 heterocycles. The number of benzene rings is 2. The number of ether oxygens (including phenoxy) is 2. The minimum atomic E-state index is -0.347. The van der Waals surface area contributed by atoms with Crippen molar-refractivity contribution < 1.29 is 14.3 Å². The van der Waals surface area contributed by atoms with Crippen LogP contribution in [0.5, 0.6) is 5.75 Å². The molecule has 0 saturated carbocycles. The summed E-state index contributed by atoms with van der Waals surface area (Å²) in [7, 11) is 1.58. The summed E-state index contributed by atoms with van der Waals surface area (Å²) in [5.41, 5.74) is 1.63. The number of hydrogen-bond donors (Lipinski definition) is 1. The number of halogens is 1. The summed E-state index contributed by atoms with van der Waals surface area (Å²) in [4.78, 5) is 16.9. The molecule has 1 N–H and O–H groups in total. The molecule has 146 valence electrons. The van der Waals surface area contributed by atoms with Crippen molar-refractivity contribution in [1.82, 2.24) is 20.1 Å². The predicted octanol–water partition coefficient (Wildman–Crippen LogP) is 3.47. The van der Waals surface area contributed by atoms with E-state index < -0.39 is 0 Å². The first-order valence-electron chi connectivity index (χ1n) is 8.85. The number of carbonyl (C=O) groups excluding carboxylic acids is 1. The van der Waals surface area contributed by atoms with Gasteiger partial charge in [0.25, 0.3) is 5.91 Å². The lowest BCUT2D eigenvalue weighted by atomic mass is 10.2. The normalized spacial score (nSPS) is 10.7. The van der Waals surface area contributed by atoms with Gasteiger partial charge in [-0.25, -0.2) is 9.67 Å². The molecular formula is C20H21BrN4O3. The topological polar surface area (TPSA) is 78.3 Å². The molecule has 2 aromatic carbocycles. The van der Waals surface area contributed by atoms with Crippen molar-refractivity contribution in [3.8, 4) is 22.8 Å². The van der Waals surface area contributed by atoms with Crippen molar-refractivity contribution in [2.45, 2.75) is 6.92 Å².